The first kappa shape index (κ1) is 14.1. The third kappa shape index (κ3) is 2.63. The number of nitrogens with zero attached hydrogens (tertiary/aromatic N) is 3. The molecule has 1 saturated carbocycles. The molecule has 1 aliphatic carbocycles. The number of likely N-dealkylation sites (tertiary alicyclic amines) is 1. The maximum atomic E-state index is 6.35. The molecule has 2 aliphatic rings. The molecule has 1 aromatic heterocycles. The van der Waals surface area contributed by atoms with Crippen molar-refractivity contribution < 1.29 is 0 Å². The second-order valence-electron chi connectivity index (χ2n) is 6.74. The second-order valence-corrected chi connectivity index (χ2v) is 6.74. The lowest BCUT2D eigenvalue weighted by molar-refractivity contribution is 0.0178. The molecule has 0 radical (unpaired) electrons. The summed E-state index contributed by atoms with van der Waals surface area (Å²) in [6, 6.07) is 1.23. The summed E-state index contributed by atoms with van der Waals surface area (Å²) in [4.78, 5) is 2.70. The fraction of sp³-hybridized carbons (Fsp3) is 0.812. The molecule has 4 atom stereocenters. The zero-order valence-corrected chi connectivity index (χ0v) is 12.8. The van der Waals surface area contributed by atoms with Gasteiger partial charge in [-0.1, -0.05) is 12.8 Å². The van der Waals surface area contributed by atoms with E-state index in [1.54, 1.807) is 0 Å². The van der Waals surface area contributed by atoms with Gasteiger partial charge in [0.1, 0.15) is 0 Å². The summed E-state index contributed by atoms with van der Waals surface area (Å²) in [5.74, 6) is 0.899. The van der Waals surface area contributed by atoms with Crippen LogP contribution in [0.25, 0.3) is 0 Å². The Hall–Kier alpha value is -0.870. The molecule has 1 saturated heterocycles. The SMILES string of the molecule is CC(N)C(c1cnn(C)c1)N1CCC[C@H]2CCCC[C@H]21. The first-order valence-electron chi connectivity index (χ1n) is 8.16. The van der Waals surface area contributed by atoms with Gasteiger partial charge in [-0.25, -0.2) is 0 Å². The van der Waals surface area contributed by atoms with Crippen LogP contribution in [-0.4, -0.2) is 33.3 Å². The largest absolute Gasteiger partial charge is 0.326 e. The van der Waals surface area contributed by atoms with Crippen molar-refractivity contribution in [1.82, 2.24) is 14.7 Å². The third-order valence-corrected chi connectivity index (χ3v) is 5.21. The number of rotatable bonds is 3. The normalized spacial score (nSPS) is 30.8. The van der Waals surface area contributed by atoms with Crippen LogP contribution >= 0.6 is 0 Å². The summed E-state index contributed by atoms with van der Waals surface area (Å²) in [5.41, 5.74) is 7.64. The highest BCUT2D eigenvalue weighted by Crippen LogP contribution is 2.40. The average Bonchev–Trinajstić information content (AvgIpc) is 2.85. The Morgan fingerprint density at radius 2 is 2.00 bits per heavy atom. The molecule has 0 bridgehead atoms. The number of aromatic nitrogens is 2. The monoisotopic (exact) mass is 276 g/mol. The topological polar surface area (TPSA) is 47.1 Å². The van der Waals surface area contributed by atoms with Crippen LogP contribution in [0.2, 0.25) is 0 Å². The first-order chi connectivity index (χ1) is 9.66. The molecule has 2 unspecified atom stereocenters. The molecule has 112 valence electrons. The predicted molar refractivity (Wildman–Crippen MR) is 81.3 cm³/mol. The van der Waals surface area contributed by atoms with Crippen molar-refractivity contribution in [3.05, 3.63) is 18.0 Å². The van der Waals surface area contributed by atoms with Crippen molar-refractivity contribution in [2.75, 3.05) is 6.54 Å². The van der Waals surface area contributed by atoms with Gasteiger partial charge < -0.3 is 5.73 Å². The van der Waals surface area contributed by atoms with Crippen LogP contribution in [0, 0.1) is 5.92 Å². The summed E-state index contributed by atoms with van der Waals surface area (Å²) in [6.07, 6.45) is 12.5. The van der Waals surface area contributed by atoms with Crippen LogP contribution in [-0.2, 0) is 7.05 Å². The van der Waals surface area contributed by atoms with Crippen LogP contribution < -0.4 is 5.73 Å². The fourth-order valence-electron chi connectivity index (χ4n) is 4.40. The number of aryl methyl sites for hydroxylation is 1. The van der Waals surface area contributed by atoms with Crippen LogP contribution in [0.3, 0.4) is 0 Å². The maximum Gasteiger partial charge on any atom is 0.0538 e. The number of nitrogens with two attached hydrogens (primary N) is 1. The smallest absolute Gasteiger partial charge is 0.0538 e. The van der Waals surface area contributed by atoms with Gasteiger partial charge in [0.25, 0.3) is 0 Å². The molecule has 0 amide bonds. The molecular weight excluding hydrogens is 248 g/mol. The number of fused-ring (bicyclic) bond motifs is 1. The maximum absolute atomic E-state index is 6.35. The van der Waals surface area contributed by atoms with Crippen LogP contribution in [0.1, 0.15) is 57.1 Å². The molecule has 2 heterocycles. The third-order valence-electron chi connectivity index (χ3n) is 5.21. The summed E-state index contributed by atoms with van der Waals surface area (Å²) >= 11 is 0. The van der Waals surface area contributed by atoms with Crippen molar-refractivity contribution in [2.45, 2.75) is 63.6 Å². The second kappa shape index (κ2) is 5.86. The minimum Gasteiger partial charge on any atom is -0.326 e. The van der Waals surface area contributed by atoms with Gasteiger partial charge in [-0.15, -0.1) is 0 Å². The zero-order valence-electron chi connectivity index (χ0n) is 12.8. The fourth-order valence-corrected chi connectivity index (χ4v) is 4.40. The molecule has 4 nitrogen and oxygen atoms in total. The van der Waals surface area contributed by atoms with Gasteiger partial charge in [-0.05, 0) is 45.1 Å². The summed E-state index contributed by atoms with van der Waals surface area (Å²) in [6.45, 7) is 3.34. The van der Waals surface area contributed by atoms with E-state index in [1.807, 2.05) is 17.9 Å². The van der Waals surface area contributed by atoms with Gasteiger partial charge >= 0.3 is 0 Å². The van der Waals surface area contributed by atoms with E-state index in [1.165, 1.54) is 50.6 Å². The zero-order chi connectivity index (χ0) is 14.1. The predicted octanol–water partition coefficient (Wildman–Crippen LogP) is 2.46. The van der Waals surface area contributed by atoms with Crippen molar-refractivity contribution >= 4 is 0 Å². The van der Waals surface area contributed by atoms with Crippen LogP contribution in [0.15, 0.2) is 12.4 Å². The Balaban J connectivity index is 1.86. The van der Waals surface area contributed by atoms with E-state index in [0.717, 1.165) is 12.0 Å². The average molecular weight is 276 g/mol. The van der Waals surface area contributed by atoms with E-state index in [2.05, 4.69) is 23.1 Å². The van der Waals surface area contributed by atoms with Gasteiger partial charge in [0, 0.05) is 30.9 Å². The lowest BCUT2D eigenvalue weighted by Gasteiger charge is -2.48. The molecule has 2 N–H and O–H groups in total. The Kier molecular flexibility index (Phi) is 4.13. The van der Waals surface area contributed by atoms with Crippen LogP contribution in [0.4, 0.5) is 0 Å². The number of hydrogen-bond donors (Lipinski definition) is 1. The minimum atomic E-state index is 0.153. The standard InChI is InChI=1S/C16H28N4/c1-12(17)16(14-10-18-19(2)11-14)20-9-5-7-13-6-3-4-8-15(13)20/h10-13,15-16H,3-9,17H2,1-2H3/t12?,13-,15-,16?/m1/s1. The highest BCUT2D eigenvalue weighted by atomic mass is 15.3. The van der Waals surface area contributed by atoms with Gasteiger partial charge in [-0.3, -0.25) is 9.58 Å². The van der Waals surface area contributed by atoms with Gasteiger partial charge in [-0.2, -0.15) is 5.10 Å². The number of piperidine rings is 1. The quantitative estimate of drug-likeness (QED) is 0.922. The Labute approximate surface area is 122 Å². The highest BCUT2D eigenvalue weighted by Gasteiger charge is 2.38. The Bertz CT molecular complexity index is 437. The van der Waals surface area contributed by atoms with E-state index in [9.17, 15) is 0 Å². The van der Waals surface area contributed by atoms with Crippen molar-refractivity contribution in [3.8, 4) is 0 Å². The van der Waals surface area contributed by atoms with Crippen molar-refractivity contribution in [3.63, 3.8) is 0 Å². The summed E-state index contributed by atoms with van der Waals surface area (Å²) in [5, 5.41) is 4.35. The molecule has 2 fully saturated rings. The van der Waals surface area contributed by atoms with Gasteiger partial charge in [0.05, 0.1) is 12.2 Å². The van der Waals surface area contributed by atoms with E-state index in [0.29, 0.717) is 6.04 Å². The van der Waals surface area contributed by atoms with Crippen molar-refractivity contribution in [1.29, 1.82) is 0 Å². The Morgan fingerprint density at radius 3 is 2.70 bits per heavy atom. The highest BCUT2D eigenvalue weighted by molar-refractivity contribution is 5.14. The summed E-state index contributed by atoms with van der Waals surface area (Å²) in [7, 11) is 1.99. The van der Waals surface area contributed by atoms with Gasteiger partial charge in [0.2, 0.25) is 0 Å². The Morgan fingerprint density at radius 1 is 1.25 bits per heavy atom. The molecule has 20 heavy (non-hydrogen) atoms. The number of hydrogen-bond acceptors (Lipinski definition) is 3. The lowest BCUT2D eigenvalue weighted by atomic mass is 9.77. The van der Waals surface area contributed by atoms with E-state index >= 15 is 0 Å². The molecular formula is C16H28N4. The first-order valence-corrected chi connectivity index (χ1v) is 8.16. The van der Waals surface area contributed by atoms with Crippen molar-refractivity contribution in [2.24, 2.45) is 18.7 Å². The molecule has 1 aromatic rings. The van der Waals surface area contributed by atoms with E-state index in [4.69, 9.17) is 5.73 Å². The minimum absolute atomic E-state index is 0.153. The molecule has 0 spiro atoms. The molecule has 3 rings (SSSR count). The molecule has 0 aromatic carbocycles. The van der Waals surface area contributed by atoms with Gasteiger partial charge in [0.15, 0.2) is 0 Å². The summed E-state index contributed by atoms with van der Waals surface area (Å²) < 4.78 is 1.90. The van der Waals surface area contributed by atoms with E-state index in [-0.39, 0.29) is 6.04 Å². The van der Waals surface area contributed by atoms with Crippen LogP contribution in [0.5, 0.6) is 0 Å². The lowest BCUT2D eigenvalue weighted by Crippen LogP contribution is -2.52. The molecule has 1 aliphatic heterocycles. The van der Waals surface area contributed by atoms with E-state index < -0.39 is 0 Å². The molecule has 4 heteroatoms.